The van der Waals surface area contributed by atoms with Crippen molar-refractivity contribution < 1.29 is 14.1 Å². The summed E-state index contributed by atoms with van der Waals surface area (Å²) in [4.78, 5) is 28.3. The molecule has 10 heteroatoms. The van der Waals surface area contributed by atoms with Gasteiger partial charge in [-0.05, 0) is 37.3 Å². The number of nitrogens with one attached hydrogen (secondary N) is 2. The highest BCUT2D eigenvalue weighted by atomic mass is 32.1. The summed E-state index contributed by atoms with van der Waals surface area (Å²) in [5.74, 6) is -0.879. The Morgan fingerprint density at radius 1 is 1.25 bits per heavy atom. The van der Waals surface area contributed by atoms with Gasteiger partial charge < -0.3 is 0 Å². The van der Waals surface area contributed by atoms with E-state index in [0.717, 1.165) is 10.4 Å². The van der Waals surface area contributed by atoms with E-state index in [-0.39, 0.29) is 17.2 Å². The zero-order chi connectivity index (χ0) is 19.8. The molecule has 0 unspecified atom stereocenters. The summed E-state index contributed by atoms with van der Waals surface area (Å²) in [5, 5.41) is 21.0. The number of carbonyl (C=O) groups excluding carboxylic acids is 1. The molecule has 8 nitrogen and oxygen atoms in total. The lowest BCUT2D eigenvalue weighted by Gasteiger charge is -1.99. The van der Waals surface area contributed by atoms with Crippen LogP contribution in [0.25, 0.3) is 22.2 Å². The molecule has 0 spiro atoms. The molecule has 2 aromatic heterocycles. The van der Waals surface area contributed by atoms with Gasteiger partial charge in [-0.1, -0.05) is 0 Å². The zero-order valence-electron chi connectivity index (χ0n) is 14.4. The Kier molecular flexibility index (Phi) is 4.32. The highest BCUT2D eigenvalue weighted by molar-refractivity contribution is 7.16. The number of anilines is 1. The molecule has 4 aromatic rings. The summed E-state index contributed by atoms with van der Waals surface area (Å²) in [6, 6.07) is 10.0. The Bertz CT molecular complexity index is 1220. The quantitative estimate of drug-likeness (QED) is 0.394. The SMILES string of the molecule is Cc1sc(NC(=O)c2n[nH]c3ccc([N+](=O)[O-])cc23)nc1-c1ccc(F)cc1. The van der Waals surface area contributed by atoms with Crippen LogP contribution in [0.5, 0.6) is 0 Å². The Hall–Kier alpha value is -3.66. The second-order valence-electron chi connectivity index (χ2n) is 5.94. The van der Waals surface area contributed by atoms with Crippen molar-refractivity contribution in [2.75, 3.05) is 5.32 Å². The summed E-state index contributed by atoms with van der Waals surface area (Å²) in [5.41, 5.74) is 1.79. The second kappa shape index (κ2) is 6.82. The van der Waals surface area contributed by atoms with Crippen LogP contribution in [-0.4, -0.2) is 26.0 Å². The number of aromatic amines is 1. The average Bonchev–Trinajstić information content (AvgIpc) is 3.25. The van der Waals surface area contributed by atoms with Crippen molar-refractivity contribution in [2.45, 2.75) is 6.92 Å². The third-order valence-corrected chi connectivity index (χ3v) is 4.99. The number of non-ortho nitro benzene ring substituents is 1. The molecule has 140 valence electrons. The first-order chi connectivity index (χ1) is 13.4. The van der Waals surface area contributed by atoms with Gasteiger partial charge in [-0.3, -0.25) is 25.3 Å². The third kappa shape index (κ3) is 3.21. The maximum absolute atomic E-state index is 13.1. The molecule has 28 heavy (non-hydrogen) atoms. The number of nitro benzene ring substituents is 1. The van der Waals surface area contributed by atoms with Crippen LogP contribution in [0.2, 0.25) is 0 Å². The number of rotatable bonds is 4. The molecule has 0 atom stereocenters. The summed E-state index contributed by atoms with van der Waals surface area (Å²) in [6.45, 7) is 1.85. The van der Waals surface area contributed by atoms with E-state index in [2.05, 4.69) is 20.5 Å². The van der Waals surface area contributed by atoms with E-state index < -0.39 is 10.8 Å². The molecule has 0 fully saturated rings. The van der Waals surface area contributed by atoms with Crippen molar-refractivity contribution in [3.05, 3.63) is 69.0 Å². The van der Waals surface area contributed by atoms with Gasteiger partial charge in [-0.15, -0.1) is 11.3 Å². The van der Waals surface area contributed by atoms with E-state index in [9.17, 15) is 19.3 Å². The number of nitrogens with zero attached hydrogens (tertiary/aromatic N) is 3. The number of aromatic nitrogens is 3. The van der Waals surface area contributed by atoms with Gasteiger partial charge in [0.05, 0.1) is 16.1 Å². The molecule has 2 N–H and O–H groups in total. The molecule has 0 bridgehead atoms. The number of thiazole rings is 1. The largest absolute Gasteiger partial charge is 0.296 e. The molecule has 1 amide bonds. The molecule has 0 aliphatic rings. The molecule has 0 saturated carbocycles. The lowest BCUT2D eigenvalue weighted by atomic mass is 10.1. The standard InChI is InChI=1S/C18H12FN5O3S/c1-9-15(10-2-4-11(19)5-3-10)20-18(28-9)21-17(25)16-13-8-12(24(26)27)6-7-14(13)22-23-16/h2-8H,1H3,(H,22,23)(H,20,21,25). The van der Waals surface area contributed by atoms with Crippen molar-refractivity contribution >= 4 is 39.0 Å². The van der Waals surface area contributed by atoms with Crippen LogP contribution in [0.3, 0.4) is 0 Å². The molecule has 0 aliphatic carbocycles. The first-order valence-corrected chi connectivity index (χ1v) is 8.91. The lowest BCUT2D eigenvalue weighted by Crippen LogP contribution is -2.12. The Labute approximate surface area is 161 Å². The fourth-order valence-corrected chi connectivity index (χ4v) is 3.60. The van der Waals surface area contributed by atoms with Crippen LogP contribution >= 0.6 is 11.3 Å². The van der Waals surface area contributed by atoms with E-state index >= 15 is 0 Å². The highest BCUT2D eigenvalue weighted by Gasteiger charge is 2.19. The molecule has 0 radical (unpaired) electrons. The summed E-state index contributed by atoms with van der Waals surface area (Å²) in [7, 11) is 0. The minimum Gasteiger partial charge on any atom is -0.296 e. The Morgan fingerprint density at radius 3 is 2.71 bits per heavy atom. The number of hydrogen-bond donors (Lipinski definition) is 2. The number of hydrogen-bond acceptors (Lipinski definition) is 6. The Morgan fingerprint density at radius 2 is 2.00 bits per heavy atom. The smallest absolute Gasteiger partial charge is 0.278 e. The van der Waals surface area contributed by atoms with E-state index in [0.29, 0.717) is 21.7 Å². The number of carbonyl (C=O) groups is 1. The predicted octanol–water partition coefficient (Wildman–Crippen LogP) is 4.29. The first kappa shape index (κ1) is 17.7. The molecule has 0 aliphatic heterocycles. The average molecular weight is 397 g/mol. The molecule has 2 heterocycles. The van der Waals surface area contributed by atoms with Gasteiger partial charge in [0.1, 0.15) is 5.82 Å². The molecular formula is C18H12FN5O3S. The Balaban J connectivity index is 1.63. The summed E-state index contributed by atoms with van der Waals surface area (Å²) < 4.78 is 13.1. The highest BCUT2D eigenvalue weighted by Crippen LogP contribution is 2.31. The van der Waals surface area contributed by atoms with E-state index in [1.807, 2.05) is 6.92 Å². The monoisotopic (exact) mass is 397 g/mol. The van der Waals surface area contributed by atoms with Crippen LogP contribution < -0.4 is 5.32 Å². The molecule has 2 aromatic carbocycles. The number of H-pyrrole nitrogens is 1. The lowest BCUT2D eigenvalue weighted by molar-refractivity contribution is -0.384. The number of nitro groups is 1. The maximum atomic E-state index is 13.1. The van der Waals surface area contributed by atoms with Gasteiger partial charge in [0.2, 0.25) is 0 Å². The molecule has 0 saturated heterocycles. The normalized spacial score (nSPS) is 10.9. The number of aryl methyl sites for hydroxylation is 1. The minimum absolute atomic E-state index is 0.0369. The van der Waals surface area contributed by atoms with E-state index in [1.54, 1.807) is 12.1 Å². The maximum Gasteiger partial charge on any atom is 0.278 e. The van der Waals surface area contributed by atoms with Crippen LogP contribution in [0.4, 0.5) is 15.2 Å². The van der Waals surface area contributed by atoms with Gasteiger partial charge in [0.15, 0.2) is 10.8 Å². The van der Waals surface area contributed by atoms with Crippen molar-refractivity contribution in [1.82, 2.24) is 15.2 Å². The zero-order valence-corrected chi connectivity index (χ0v) is 15.2. The van der Waals surface area contributed by atoms with Crippen molar-refractivity contribution in [3.8, 4) is 11.3 Å². The summed E-state index contributed by atoms with van der Waals surface area (Å²) >= 11 is 1.27. The van der Waals surface area contributed by atoms with Crippen LogP contribution in [-0.2, 0) is 0 Å². The van der Waals surface area contributed by atoms with E-state index in [1.165, 1.54) is 41.7 Å². The number of halogens is 1. The molecule has 4 rings (SSSR count). The van der Waals surface area contributed by atoms with Gasteiger partial charge >= 0.3 is 0 Å². The van der Waals surface area contributed by atoms with Crippen LogP contribution in [0.15, 0.2) is 42.5 Å². The van der Waals surface area contributed by atoms with Crippen LogP contribution in [0, 0.1) is 22.9 Å². The summed E-state index contributed by atoms with van der Waals surface area (Å²) in [6.07, 6.45) is 0. The van der Waals surface area contributed by atoms with Gasteiger partial charge in [0, 0.05) is 28.0 Å². The molecular weight excluding hydrogens is 385 g/mol. The van der Waals surface area contributed by atoms with Crippen molar-refractivity contribution in [3.63, 3.8) is 0 Å². The topological polar surface area (TPSA) is 114 Å². The number of fused-ring (bicyclic) bond motifs is 1. The van der Waals surface area contributed by atoms with Crippen molar-refractivity contribution in [2.24, 2.45) is 0 Å². The van der Waals surface area contributed by atoms with Gasteiger partial charge in [-0.2, -0.15) is 5.10 Å². The third-order valence-electron chi connectivity index (χ3n) is 4.11. The number of amides is 1. The second-order valence-corrected chi connectivity index (χ2v) is 7.15. The first-order valence-electron chi connectivity index (χ1n) is 8.09. The van der Waals surface area contributed by atoms with Crippen molar-refractivity contribution in [1.29, 1.82) is 0 Å². The van der Waals surface area contributed by atoms with Crippen LogP contribution in [0.1, 0.15) is 15.4 Å². The predicted molar refractivity (Wildman–Crippen MR) is 103 cm³/mol. The number of benzene rings is 2. The van der Waals surface area contributed by atoms with E-state index in [4.69, 9.17) is 0 Å². The fourth-order valence-electron chi connectivity index (χ4n) is 2.77. The van der Waals surface area contributed by atoms with Gasteiger partial charge in [0.25, 0.3) is 11.6 Å². The van der Waals surface area contributed by atoms with Gasteiger partial charge in [-0.25, -0.2) is 9.37 Å². The fraction of sp³-hybridized carbons (Fsp3) is 0.0556. The minimum atomic E-state index is -0.536.